The number of thiophene rings is 1. The molecule has 0 saturated carbocycles. The minimum atomic E-state index is -0.367. The van der Waals surface area contributed by atoms with E-state index < -0.39 is 0 Å². The largest absolute Gasteiger partial charge is 0.352 e. The van der Waals surface area contributed by atoms with E-state index in [0.717, 1.165) is 10.7 Å². The average Bonchev–Trinajstić information content (AvgIpc) is 3.47. The molecule has 3 heterocycles. The number of hydrogen-bond donors (Lipinski definition) is 2. The van der Waals surface area contributed by atoms with Crippen molar-refractivity contribution in [2.45, 2.75) is 26.4 Å². The summed E-state index contributed by atoms with van der Waals surface area (Å²) in [5.74, 6) is 0.906. The van der Waals surface area contributed by atoms with Crippen molar-refractivity contribution >= 4 is 29.5 Å². The summed E-state index contributed by atoms with van der Waals surface area (Å²) in [5.41, 5.74) is 1.11. The van der Waals surface area contributed by atoms with E-state index in [9.17, 15) is 9.18 Å². The first kappa shape index (κ1) is 20.2. The van der Waals surface area contributed by atoms with Gasteiger partial charge in [-0.25, -0.2) is 9.37 Å². The molecule has 154 valence electrons. The van der Waals surface area contributed by atoms with E-state index in [1.54, 1.807) is 40.4 Å². The van der Waals surface area contributed by atoms with Crippen LogP contribution in [0.4, 0.5) is 4.39 Å². The molecule has 0 radical (unpaired) electrons. The lowest BCUT2D eigenvalue weighted by molar-refractivity contribution is -0.121. The molecule has 2 N–H and O–H groups in total. The Labute approximate surface area is 181 Å². The summed E-state index contributed by atoms with van der Waals surface area (Å²) in [5, 5.41) is 11.8. The Bertz CT molecular complexity index is 1220. The Morgan fingerprint density at radius 1 is 1.37 bits per heavy atom. The lowest BCUT2D eigenvalue weighted by Gasteiger charge is -2.10. The summed E-state index contributed by atoms with van der Waals surface area (Å²) >= 11 is 6.84. The number of nitrogens with one attached hydrogen (secondary N) is 2. The van der Waals surface area contributed by atoms with E-state index in [-0.39, 0.29) is 24.7 Å². The van der Waals surface area contributed by atoms with E-state index in [4.69, 9.17) is 12.2 Å². The molecule has 0 unspecified atom stereocenters. The highest BCUT2D eigenvalue weighted by atomic mass is 32.1. The summed E-state index contributed by atoms with van der Waals surface area (Å²) in [6.45, 7) is 2.46. The molecule has 3 aromatic heterocycles. The second-order valence-electron chi connectivity index (χ2n) is 6.64. The van der Waals surface area contributed by atoms with Crippen LogP contribution in [0.5, 0.6) is 0 Å². The summed E-state index contributed by atoms with van der Waals surface area (Å²) < 4.78 is 18.4. The summed E-state index contributed by atoms with van der Waals surface area (Å²) in [4.78, 5) is 17.4. The number of benzene rings is 1. The first-order valence-electron chi connectivity index (χ1n) is 9.27. The van der Waals surface area contributed by atoms with Crippen molar-refractivity contribution in [1.82, 2.24) is 29.6 Å². The monoisotopic (exact) mass is 442 g/mol. The Morgan fingerprint density at radius 3 is 2.93 bits per heavy atom. The third kappa shape index (κ3) is 4.24. The fourth-order valence-electron chi connectivity index (χ4n) is 3.11. The van der Waals surface area contributed by atoms with E-state index >= 15 is 0 Å². The maximum absolute atomic E-state index is 14.5. The van der Waals surface area contributed by atoms with Gasteiger partial charge in [0.15, 0.2) is 10.6 Å². The van der Waals surface area contributed by atoms with Gasteiger partial charge in [0.2, 0.25) is 5.91 Å². The zero-order chi connectivity index (χ0) is 21.1. The van der Waals surface area contributed by atoms with E-state index in [2.05, 4.69) is 20.5 Å². The number of amides is 1. The zero-order valence-corrected chi connectivity index (χ0v) is 17.8. The number of aromatic amines is 1. The first-order chi connectivity index (χ1) is 14.5. The van der Waals surface area contributed by atoms with Crippen LogP contribution < -0.4 is 5.32 Å². The standard InChI is InChI=1S/C20H19FN6OS2/c1-13-22-7-9-26(13)16-5-4-14(11-15(16)21)12-23-18(28)6-8-27-19(24-25-20(27)29)17-3-2-10-30-17/h2-5,7,9-11H,6,8,12H2,1H3,(H,23,28)(H,25,29). The number of aryl methyl sites for hydroxylation is 1. The second-order valence-corrected chi connectivity index (χ2v) is 7.97. The van der Waals surface area contributed by atoms with Gasteiger partial charge < -0.3 is 9.88 Å². The molecule has 0 aliphatic carbocycles. The van der Waals surface area contributed by atoms with Crippen molar-refractivity contribution in [3.63, 3.8) is 0 Å². The van der Waals surface area contributed by atoms with E-state index in [0.29, 0.717) is 28.4 Å². The van der Waals surface area contributed by atoms with Crippen LogP contribution in [-0.2, 0) is 17.9 Å². The van der Waals surface area contributed by atoms with Crippen molar-refractivity contribution < 1.29 is 9.18 Å². The van der Waals surface area contributed by atoms with Gasteiger partial charge in [0.1, 0.15) is 11.6 Å². The van der Waals surface area contributed by atoms with Crippen molar-refractivity contribution in [2.24, 2.45) is 0 Å². The molecule has 4 rings (SSSR count). The van der Waals surface area contributed by atoms with Crippen LogP contribution in [-0.4, -0.2) is 30.2 Å². The van der Waals surface area contributed by atoms with E-state index in [1.165, 1.54) is 6.07 Å². The normalized spacial score (nSPS) is 11.0. The number of H-pyrrole nitrogens is 1. The molecule has 1 aromatic carbocycles. The van der Waals surface area contributed by atoms with Gasteiger partial charge in [0, 0.05) is 31.9 Å². The predicted molar refractivity (Wildman–Crippen MR) is 115 cm³/mol. The number of carbonyl (C=O) groups is 1. The summed E-state index contributed by atoms with van der Waals surface area (Å²) in [7, 11) is 0. The smallest absolute Gasteiger partial charge is 0.222 e. The number of nitrogens with zero attached hydrogens (tertiary/aromatic N) is 4. The maximum atomic E-state index is 14.5. The van der Waals surface area contributed by atoms with Crippen LogP contribution in [0.15, 0.2) is 48.1 Å². The Hall–Kier alpha value is -3.11. The number of hydrogen-bond acceptors (Lipinski definition) is 5. The number of aromatic nitrogens is 5. The van der Waals surface area contributed by atoms with Crippen molar-refractivity contribution in [1.29, 1.82) is 0 Å². The molecule has 30 heavy (non-hydrogen) atoms. The highest BCUT2D eigenvalue weighted by Crippen LogP contribution is 2.23. The molecule has 0 aliphatic heterocycles. The zero-order valence-electron chi connectivity index (χ0n) is 16.1. The number of halogens is 1. The third-order valence-corrected chi connectivity index (χ3v) is 5.83. The molecular formula is C20H19FN6OS2. The molecule has 0 saturated heterocycles. The maximum Gasteiger partial charge on any atom is 0.222 e. The minimum absolute atomic E-state index is 0.148. The van der Waals surface area contributed by atoms with Crippen LogP contribution in [0.1, 0.15) is 17.8 Å². The Balaban J connectivity index is 1.36. The van der Waals surface area contributed by atoms with Gasteiger partial charge >= 0.3 is 0 Å². The second kappa shape index (κ2) is 8.72. The molecule has 10 heteroatoms. The highest BCUT2D eigenvalue weighted by Gasteiger charge is 2.12. The van der Waals surface area contributed by atoms with Crippen molar-refractivity contribution in [3.8, 4) is 16.4 Å². The molecule has 1 amide bonds. The molecule has 0 fully saturated rings. The lowest BCUT2D eigenvalue weighted by Crippen LogP contribution is -2.24. The summed E-state index contributed by atoms with van der Waals surface area (Å²) in [6.07, 6.45) is 3.57. The van der Waals surface area contributed by atoms with Gasteiger partial charge in [-0.05, 0) is 48.3 Å². The molecule has 4 aromatic rings. The summed E-state index contributed by atoms with van der Waals surface area (Å²) in [6, 6.07) is 8.79. The minimum Gasteiger partial charge on any atom is -0.352 e. The van der Waals surface area contributed by atoms with Gasteiger partial charge in [0.25, 0.3) is 0 Å². The number of rotatable bonds is 7. The number of imidazole rings is 1. The SMILES string of the molecule is Cc1nccn1-c1ccc(CNC(=O)CCn2c(-c3cccs3)n[nH]c2=S)cc1F. The molecule has 0 aliphatic rings. The van der Waals surface area contributed by atoms with Crippen molar-refractivity contribution in [2.75, 3.05) is 0 Å². The lowest BCUT2D eigenvalue weighted by atomic mass is 10.2. The molecule has 7 nitrogen and oxygen atoms in total. The average molecular weight is 443 g/mol. The highest BCUT2D eigenvalue weighted by molar-refractivity contribution is 7.71. The third-order valence-electron chi connectivity index (χ3n) is 4.65. The van der Waals surface area contributed by atoms with E-state index in [1.807, 2.05) is 29.0 Å². The van der Waals surface area contributed by atoms with Crippen LogP contribution in [0.3, 0.4) is 0 Å². The fraction of sp³-hybridized carbons (Fsp3) is 0.200. The predicted octanol–water partition coefficient (Wildman–Crippen LogP) is 4.01. The van der Waals surface area contributed by atoms with Gasteiger partial charge in [-0.15, -0.1) is 11.3 Å². The quantitative estimate of drug-likeness (QED) is 0.424. The molecular weight excluding hydrogens is 423 g/mol. The fourth-order valence-corrected chi connectivity index (χ4v) is 4.06. The van der Waals surface area contributed by atoms with Crippen LogP contribution in [0.25, 0.3) is 16.4 Å². The van der Waals surface area contributed by atoms with Gasteiger partial charge in [-0.1, -0.05) is 12.1 Å². The van der Waals surface area contributed by atoms with Crippen LogP contribution in [0, 0.1) is 17.5 Å². The van der Waals surface area contributed by atoms with Crippen molar-refractivity contribution in [3.05, 3.63) is 70.1 Å². The first-order valence-corrected chi connectivity index (χ1v) is 10.6. The molecule has 0 bridgehead atoms. The molecule has 0 spiro atoms. The van der Waals surface area contributed by atoms with Gasteiger partial charge in [-0.3, -0.25) is 14.5 Å². The topological polar surface area (TPSA) is 80.5 Å². The van der Waals surface area contributed by atoms with Crippen LogP contribution >= 0.6 is 23.6 Å². The Kier molecular flexibility index (Phi) is 5.86. The van der Waals surface area contributed by atoms with Gasteiger partial charge in [-0.2, -0.15) is 5.10 Å². The molecule has 0 atom stereocenters. The Morgan fingerprint density at radius 2 is 2.23 bits per heavy atom. The number of carbonyl (C=O) groups excluding carboxylic acids is 1. The van der Waals surface area contributed by atoms with Crippen LogP contribution in [0.2, 0.25) is 0 Å². The van der Waals surface area contributed by atoms with Gasteiger partial charge in [0.05, 0.1) is 10.6 Å².